The minimum atomic E-state index is -0.447. The molecule has 3 rings (SSSR count). The van der Waals surface area contributed by atoms with Crippen molar-refractivity contribution in [2.45, 2.75) is 6.92 Å². The van der Waals surface area contributed by atoms with Crippen molar-refractivity contribution in [1.29, 1.82) is 0 Å². The van der Waals surface area contributed by atoms with Crippen molar-refractivity contribution in [3.05, 3.63) is 40.4 Å². The minimum Gasteiger partial charge on any atom is -0.460 e. The molecule has 0 unspecified atom stereocenters. The van der Waals surface area contributed by atoms with Crippen molar-refractivity contribution in [2.75, 3.05) is 0 Å². The summed E-state index contributed by atoms with van der Waals surface area (Å²) in [6, 6.07) is 7.42. The Bertz CT molecular complexity index is 665. The van der Waals surface area contributed by atoms with Crippen molar-refractivity contribution >= 4 is 11.0 Å². The first-order valence-electron chi connectivity index (χ1n) is 4.55. The smallest absolute Gasteiger partial charge is 0.371 e. The second-order valence-corrected chi connectivity index (χ2v) is 3.35. The summed E-state index contributed by atoms with van der Waals surface area (Å²) in [5.74, 6) is 0.537. The van der Waals surface area contributed by atoms with Gasteiger partial charge >= 0.3 is 5.63 Å². The number of para-hydroxylation sites is 1. The maximum atomic E-state index is 11.4. The van der Waals surface area contributed by atoms with Gasteiger partial charge < -0.3 is 8.94 Å². The lowest BCUT2D eigenvalue weighted by atomic mass is 10.1. The topological polar surface area (TPSA) is 56.2 Å². The van der Waals surface area contributed by atoms with E-state index in [9.17, 15) is 4.79 Å². The molecule has 74 valence electrons. The van der Waals surface area contributed by atoms with Gasteiger partial charge in [0.15, 0.2) is 0 Å². The molecule has 0 amide bonds. The summed E-state index contributed by atoms with van der Waals surface area (Å²) in [6.45, 7) is 1.73. The lowest BCUT2D eigenvalue weighted by Crippen LogP contribution is -1.98. The maximum absolute atomic E-state index is 11.4. The van der Waals surface area contributed by atoms with Crippen LogP contribution in [0.2, 0.25) is 0 Å². The molecule has 2 aliphatic heterocycles. The number of nitrogens with zero attached hydrogens (tertiary/aromatic N) is 1. The van der Waals surface area contributed by atoms with Crippen LogP contribution < -0.4 is 5.63 Å². The zero-order valence-electron chi connectivity index (χ0n) is 7.98. The van der Waals surface area contributed by atoms with Crippen LogP contribution in [0, 0.1) is 6.92 Å². The predicted molar refractivity (Wildman–Crippen MR) is 53.9 cm³/mol. The number of rotatable bonds is 0. The fourth-order valence-electron chi connectivity index (χ4n) is 1.74. The summed E-state index contributed by atoms with van der Waals surface area (Å²) in [5, 5.41) is 4.56. The van der Waals surface area contributed by atoms with Crippen LogP contribution in [0.15, 0.2) is 38.0 Å². The molecular weight excluding hydrogens is 194 g/mol. The molecule has 2 aliphatic rings. The Morgan fingerprint density at radius 3 is 2.93 bits per heavy atom. The molecule has 1 aromatic carbocycles. The van der Waals surface area contributed by atoms with E-state index in [1.54, 1.807) is 6.92 Å². The van der Waals surface area contributed by atoms with E-state index in [0.717, 1.165) is 5.39 Å². The third-order valence-corrected chi connectivity index (χ3v) is 2.42. The van der Waals surface area contributed by atoms with Gasteiger partial charge in [-0.15, -0.1) is 0 Å². The fourth-order valence-corrected chi connectivity index (χ4v) is 1.74. The molecule has 0 atom stereocenters. The molecule has 15 heavy (non-hydrogen) atoms. The number of hydrogen-bond acceptors (Lipinski definition) is 4. The van der Waals surface area contributed by atoms with Crippen LogP contribution in [0.1, 0.15) is 5.76 Å². The summed E-state index contributed by atoms with van der Waals surface area (Å²) in [5.41, 5.74) is 1.25. The number of hydrogen-bond donors (Lipinski definition) is 0. The first kappa shape index (κ1) is 8.23. The SMILES string of the molecule is Cc1oc2ccccc2c2noc(=O)c1-2. The normalized spacial score (nSPS) is 11.3. The largest absolute Gasteiger partial charge is 0.460 e. The number of benzene rings is 1. The van der Waals surface area contributed by atoms with Crippen LogP contribution in [0.5, 0.6) is 0 Å². The van der Waals surface area contributed by atoms with Crippen molar-refractivity contribution < 1.29 is 8.94 Å². The first-order chi connectivity index (χ1) is 7.27. The molecule has 1 aromatic rings. The Labute approximate surface area is 84.4 Å². The van der Waals surface area contributed by atoms with Crippen LogP contribution in [-0.4, -0.2) is 5.16 Å². The zero-order valence-corrected chi connectivity index (χ0v) is 7.98. The van der Waals surface area contributed by atoms with E-state index in [2.05, 4.69) is 9.68 Å². The molecule has 0 aromatic heterocycles. The van der Waals surface area contributed by atoms with Gasteiger partial charge in [0, 0.05) is 5.39 Å². The molecule has 2 heterocycles. The molecule has 0 bridgehead atoms. The van der Waals surface area contributed by atoms with E-state index >= 15 is 0 Å². The Morgan fingerprint density at radius 2 is 2.07 bits per heavy atom. The average Bonchev–Trinajstić information content (AvgIpc) is 2.62. The third-order valence-electron chi connectivity index (χ3n) is 2.42. The molecule has 0 spiro atoms. The molecule has 0 saturated carbocycles. The predicted octanol–water partition coefficient (Wildman–Crippen LogP) is 2.19. The first-order valence-corrected chi connectivity index (χ1v) is 4.55. The summed E-state index contributed by atoms with van der Waals surface area (Å²) in [7, 11) is 0. The van der Waals surface area contributed by atoms with Gasteiger partial charge in [0.2, 0.25) is 0 Å². The molecule has 0 aliphatic carbocycles. The second-order valence-electron chi connectivity index (χ2n) is 3.35. The van der Waals surface area contributed by atoms with Gasteiger partial charge in [-0.25, -0.2) is 4.79 Å². The van der Waals surface area contributed by atoms with E-state index in [1.807, 2.05) is 24.3 Å². The average molecular weight is 201 g/mol. The van der Waals surface area contributed by atoms with Gasteiger partial charge in [0.05, 0.1) is 0 Å². The summed E-state index contributed by atoms with van der Waals surface area (Å²) in [4.78, 5) is 11.4. The molecule has 4 heteroatoms. The molecule has 0 radical (unpaired) electrons. The van der Waals surface area contributed by atoms with Gasteiger partial charge in [0.25, 0.3) is 0 Å². The van der Waals surface area contributed by atoms with Gasteiger partial charge in [-0.3, -0.25) is 0 Å². The Hall–Kier alpha value is -2.10. The Kier molecular flexibility index (Phi) is 1.48. The van der Waals surface area contributed by atoms with E-state index in [4.69, 9.17) is 4.42 Å². The second kappa shape index (κ2) is 2.70. The van der Waals surface area contributed by atoms with Crippen LogP contribution in [-0.2, 0) is 0 Å². The summed E-state index contributed by atoms with van der Waals surface area (Å²) >= 11 is 0. The molecule has 0 saturated heterocycles. The van der Waals surface area contributed by atoms with Crippen LogP contribution in [0.25, 0.3) is 22.2 Å². The molecular formula is C11H7NO3. The highest BCUT2D eigenvalue weighted by molar-refractivity contribution is 5.92. The van der Waals surface area contributed by atoms with Crippen LogP contribution >= 0.6 is 0 Å². The highest BCUT2D eigenvalue weighted by Gasteiger charge is 2.20. The van der Waals surface area contributed by atoms with Crippen LogP contribution in [0.4, 0.5) is 0 Å². The van der Waals surface area contributed by atoms with Crippen molar-refractivity contribution in [2.24, 2.45) is 0 Å². The van der Waals surface area contributed by atoms with E-state index in [-0.39, 0.29) is 0 Å². The number of aryl methyl sites for hydroxylation is 1. The number of fused-ring (bicyclic) bond motifs is 3. The Morgan fingerprint density at radius 1 is 1.27 bits per heavy atom. The highest BCUT2D eigenvalue weighted by atomic mass is 16.5. The van der Waals surface area contributed by atoms with Crippen molar-refractivity contribution in [3.63, 3.8) is 0 Å². The lowest BCUT2D eigenvalue weighted by molar-refractivity contribution is 0.397. The van der Waals surface area contributed by atoms with Gasteiger partial charge in [-0.05, 0) is 19.1 Å². The number of aromatic nitrogens is 1. The fraction of sp³-hybridized carbons (Fsp3) is 0.0909. The zero-order chi connectivity index (χ0) is 10.4. The van der Waals surface area contributed by atoms with Crippen LogP contribution in [0.3, 0.4) is 0 Å². The van der Waals surface area contributed by atoms with Crippen molar-refractivity contribution in [3.8, 4) is 11.3 Å². The maximum Gasteiger partial charge on any atom is 0.371 e. The van der Waals surface area contributed by atoms with E-state index in [1.165, 1.54) is 0 Å². The third kappa shape index (κ3) is 1.01. The van der Waals surface area contributed by atoms with Crippen molar-refractivity contribution in [1.82, 2.24) is 5.16 Å². The standard InChI is InChI=1S/C11H7NO3/c1-6-9-10(12-15-11(9)13)7-4-2-3-5-8(7)14-6/h2-5H,1H3. The quantitative estimate of drug-likeness (QED) is 0.559. The highest BCUT2D eigenvalue weighted by Crippen LogP contribution is 2.29. The Balaban J connectivity index is 2.62. The van der Waals surface area contributed by atoms with E-state index < -0.39 is 5.63 Å². The lowest BCUT2D eigenvalue weighted by Gasteiger charge is -2.03. The van der Waals surface area contributed by atoms with Gasteiger partial charge in [-0.2, -0.15) is 0 Å². The molecule has 4 nitrogen and oxygen atoms in total. The monoisotopic (exact) mass is 201 g/mol. The summed E-state index contributed by atoms with van der Waals surface area (Å²) < 4.78 is 10.2. The minimum absolute atomic E-state index is 0.425. The van der Waals surface area contributed by atoms with E-state index in [0.29, 0.717) is 22.6 Å². The molecule has 0 N–H and O–H groups in total. The van der Waals surface area contributed by atoms with Gasteiger partial charge in [-0.1, -0.05) is 17.3 Å². The summed E-state index contributed by atoms with van der Waals surface area (Å²) in [6.07, 6.45) is 0. The van der Waals surface area contributed by atoms with Gasteiger partial charge in [0.1, 0.15) is 22.6 Å². The molecule has 0 fully saturated rings.